The smallest absolute Gasteiger partial charge is 0.261 e. The second-order valence-corrected chi connectivity index (χ2v) is 9.59. The van der Waals surface area contributed by atoms with Crippen molar-refractivity contribution in [2.24, 2.45) is 0 Å². The SMILES string of the molecule is CCN(CC)C(CNC(=O)c1cc(S(=O)(=O)Nc2ccc(C)cc2)ccc1C)c1ccco1. The van der Waals surface area contributed by atoms with Gasteiger partial charge in [0.1, 0.15) is 5.76 Å². The molecule has 33 heavy (non-hydrogen) atoms. The Morgan fingerprint density at radius 1 is 1.03 bits per heavy atom. The van der Waals surface area contributed by atoms with E-state index in [4.69, 9.17) is 4.42 Å². The van der Waals surface area contributed by atoms with Gasteiger partial charge in [-0.2, -0.15) is 0 Å². The van der Waals surface area contributed by atoms with Gasteiger partial charge in [-0.1, -0.05) is 37.6 Å². The predicted octanol–water partition coefficient (Wildman–Crippen LogP) is 4.51. The van der Waals surface area contributed by atoms with Crippen molar-refractivity contribution >= 4 is 21.6 Å². The molecule has 3 aromatic rings. The highest BCUT2D eigenvalue weighted by Crippen LogP contribution is 2.22. The van der Waals surface area contributed by atoms with Gasteiger partial charge in [0.2, 0.25) is 0 Å². The first kappa shape index (κ1) is 24.5. The summed E-state index contributed by atoms with van der Waals surface area (Å²) in [7, 11) is -3.84. The molecule has 1 unspecified atom stereocenters. The number of aryl methyl sites for hydroxylation is 2. The molecule has 7 nitrogen and oxygen atoms in total. The van der Waals surface area contributed by atoms with E-state index < -0.39 is 10.0 Å². The summed E-state index contributed by atoms with van der Waals surface area (Å²) >= 11 is 0. The number of rotatable bonds is 10. The number of benzene rings is 2. The van der Waals surface area contributed by atoms with Crippen molar-refractivity contribution in [2.75, 3.05) is 24.4 Å². The Morgan fingerprint density at radius 3 is 2.33 bits per heavy atom. The second-order valence-electron chi connectivity index (χ2n) is 7.91. The molecule has 0 radical (unpaired) electrons. The van der Waals surface area contributed by atoms with E-state index in [2.05, 4.69) is 28.8 Å². The van der Waals surface area contributed by atoms with E-state index in [1.165, 1.54) is 12.1 Å². The molecule has 0 bridgehead atoms. The van der Waals surface area contributed by atoms with Crippen LogP contribution in [0.3, 0.4) is 0 Å². The molecule has 1 atom stereocenters. The number of likely N-dealkylation sites (N-methyl/N-ethyl adjacent to an activating group) is 1. The van der Waals surface area contributed by atoms with Crippen LogP contribution in [0, 0.1) is 13.8 Å². The van der Waals surface area contributed by atoms with E-state index in [0.717, 1.165) is 24.4 Å². The fourth-order valence-corrected chi connectivity index (χ4v) is 4.77. The Hall–Kier alpha value is -3.10. The first-order valence-electron chi connectivity index (χ1n) is 11.0. The molecule has 0 saturated carbocycles. The quantitative estimate of drug-likeness (QED) is 0.456. The minimum absolute atomic E-state index is 0.0325. The number of anilines is 1. The largest absolute Gasteiger partial charge is 0.468 e. The second kappa shape index (κ2) is 10.7. The molecule has 0 aliphatic rings. The highest BCUT2D eigenvalue weighted by atomic mass is 32.2. The molecule has 1 aromatic heterocycles. The summed E-state index contributed by atoms with van der Waals surface area (Å²) in [5, 5.41) is 2.96. The van der Waals surface area contributed by atoms with Gasteiger partial charge in [-0.05, 0) is 68.9 Å². The number of furan rings is 1. The zero-order valence-electron chi connectivity index (χ0n) is 19.5. The van der Waals surface area contributed by atoms with Crippen molar-refractivity contribution in [1.82, 2.24) is 10.2 Å². The monoisotopic (exact) mass is 469 g/mol. The highest BCUT2D eigenvalue weighted by molar-refractivity contribution is 7.92. The van der Waals surface area contributed by atoms with E-state index in [-0.39, 0.29) is 16.8 Å². The molecule has 2 aromatic carbocycles. The van der Waals surface area contributed by atoms with Crippen LogP contribution >= 0.6 is 0 Å². The van der Waals surface area contributed by atoms with Crippen LogP contribution in [-0.4, -0.2) is 38.9 Å². The number of hydrogen-bond acceptors (Lipinski definition) is 5. The zero-order chi connectivity index (χ0) is 24.0. The van der Waals surface area contributed by atoms with E-state index in [1.807, 2.05) is 31.2 Å². The van der Waals surface area contributed by atoms with E-state index >= 15 is 0 Å². The summed E-state index contributed by atoms with van der Waals surface area (Å²) in [6, 6.07) is 15.2. The van der Waals surface area contributed by atoms with Crippen LogP contribution in [0.5, 0.6) is 0 Å². The standard InChI is InChI=1S/C25H31N3O4S/c1-5-28(6-2)23(24-8-7-15-32-24)17-26-25(29)22-16-21(14-11-19(22)4)33(30,31)27-20-12-9-18(3)10-13-20/h7-16,23,27H,5-6,17H2,1-4H3,(H,26,29). The fourth-order valence-electron chi connectivity index (χ4n) is 3.69. The first-order valence-corrected chi connectivity index (χ1v) is 12.5. The molecule has 0 spiro atoms. The maximum Gasteiger partial charge on any atom is 0.261 e. The maximum atomic E-state index is 13.0. The summed E-state index contributed by atoms with van der Waals surface area (Å²) in [6.45, 7) is 9.77. The maximum absolute atomic E-state index is 13.0. The topological polar surface area (TPSA) is 91.7 Å². The Kier molecular flexibility index (Phi) is 7.94. The molecule has 0 saturated heterocycles. The lowest BCUT2D eigenvalue weighted by atomic mass is 10.1. The highest BCUT2D eigenvalue weighted by Gasteiger charge is 2.23. The molecule has 0 aliphatic carbocycles. The molecule has 1 heterocycles. The van der Waals surface area contributed by atoms with Crippen LogP contribution in [0.15, 0.2) is 70.2 Å². The number of sulfonamides is 1. The van der Waals surface area contributed by atoms with Crippen molar-refractivity contribution in [3.05, 3.63) is 83.3 Å². The Morgan fingerprint density at radius 2 is 1.73 bits per heavy atom. The zero-order valence-corrected chi connectivity index (χ0v) is 20.3. The lowest BCUT2D eigenvalue weighted by Crippen LogP contribution is -2.38. The van der Waals surface area contributed by atoms with Gasteiger partial charge >= 0.3 is 0 Å². The molecule has 8 heteroatoms. The Bertz CT molecular complexity index is 1170. The Balaban J connectivity index is 1.79. The predicted molar refractivity (Wildman–Crippen MR) is 130 cm³/mol. The van der Waals surface area contributed by atoms with Crippen LogP contribution in [0.4, 0.5) is 5.69 Å². The van der Waals surface area contributed by atoms with Gasteiger partial charge in [0.15, 0.2) is 0 Å². The number of nitrogens with zero attached hydrogens (tertiary/aromatic N) is 1. The molecule has 2 N–H and O–H groups in total. The third-order valence-corrected chi connectivity index (χ3v) is 7.03. The molecular formula is C25H31N3O4S. The van der Waals surface area contributed by atoms with Crippen LogP contribution in [0.2, 0.25) is 0 Å². The molecular weight excluding hydrogens is 438 g/mol. The van der Waals surface area contributed by atoms with Crippen molar-refractivity contribution in [2.45, 2.75) is 38.6 Å². The lowest BCUT2D eigenvalue weighted by Gasteiger charge is -2.28. The van der Waals surface area contributed by atoms with Crippen LogP contribution in [0.25, 0.3) is 0 Å². The number of carbonyl (C=O) groups excluding carboxylic acids is 1. The molecule has 176 valence electrons. The van der Waals surface area contributed by atoms with Crippen LogP contribution in [0.1, 0.15) is 47.1 Å². The molecule has 0 aliphatic heterocycles. The van der Waals surface area contributed by atoms with Gasteiger partial charge in [-0.25, -0.2) is 8.42 Å². The minimum Gasteiger partial charge on any atom is -0.468 e. The molecule has 3 rings (SSSR count). The van der Waals surface area contributed by atoms with Gasteiger partial charge in [0, 0.05) is 17.8 Å². The van der Waals surface area contributed by atoms with Gasteiger partial charge in [0.05, 0.1) is 17.2 Å². The summed E-state index contributed by atoms with van der Waals surface area (Å²) in [5.41, 5.74) is 2.51. The summed E-state index contributed by atoms with van der Waals surface area (Å²) < 4.78 is 34.0. The number of amides is 1. The summed E-state index contributed by atoms with van der Waals surface area (Å²) in [6.07, 6.45) is 1.62. The van der Waals surface area contributed by atoms with E-state index in [1.54, 1.807) is 31.4 Å². The van der Waals surface area contributed by atoms with Crippen molar-refractivity contribution in [3.63, 3.8) is 0 Å². The van der Waals surface area contributed by atoms with E-state index in [9.17, 15) is 13.2 Å². The van der Waals surface area contributed by atoms with Crippen LogP contribution < -0.4 is 10.0 Å². The average molecular weight is 470 g/mol. The fraction of sp³-hybridized carbons (Fsp3) is 0.320. The molecule has 1 amide bonds. The van der Waals surface area contributed by atoms with Gasteiger partial charge in [-0.3, -0.25) is 14.4 Å². The third-order valence-electron chi connectivity index (χ3n) is 5.65. The number of nitrogens with one attached hydrogen (secondary N) is 2. The number of carbonyl (C=O) groups is 1. The van der Waals surface area contributed by atoms with Gasteiger partial charge < -0.3 is 9.73 Å². The molecule has 0 fully saturated rings. The van der Waals surface area contributed by atoms with Crippen molar-refractivity contribution in [1.29, 1.82) is 0 Å². The first-order chi connectivity index (χ1) is 15.7. The van der Waals surface area contributed by atoms with Crippen LogP contribution in [-0.2, 0) is 10.0 Å². The number of hydrogen-bond donors (Lipinski definition) is 2. The normalized spacial score (nSPS) is 12.5. The van der Waals surface area contributed by atoms with Gasteiger partial charge in [-0.15, -0.1) is 0 Å². The van der Waals surface area contributed by atoms with Gasteiger partial charge in [0.25, 0.3) is 15.9 Å². The summed E-state index contributed by atoms with van der Waals surface area (Å²) in [5.74, 6) is 0.443. The average Bonchev–Trinajstić information content (AvgIpc) is 3.32. The third kappa shape index (κ3) is 6.03. The van der Waals surface area contributed by atoms with E-state index in [0.29, 0.717) is 23.4 Å². The lowest BCUT2D eigenvalue weighted by molar-refractivity contribution is 0.0929. The van der Waals surface area contributed by atoms with Crippen molar-refractivity contribution in [3.8, 4) is 0 Å². The minimum atomic E-state index is -3.84. The Labute approximate surface area is 195 Å². The van der Waals surface area contributed by atoms with Crippen molar-refractivity contribution < 1.29 is 17.6 Å². The summed E-state index contributed by atoms with van der Waals surface area (Å²) in [4.78, 5) is 15.3.